The maximum absolute atomic E-state index is 11.4. The average molecular weight is 216 g/mol. The summed E-state index contributed by atoms with van der Waals surface area (Å²) in [4.78, 5) is 15.6. The first-order valence-electron chi connectivity index (χ1n) is 4.91. The van der Waals surface area contributed by atoms with Crippen LogP contribution in [-0.2, 0) is 4.74 Å². The van der Waals surface area contributed by atoms with E-state index >= 15 is 0 Å². The fourth-order valence-corrected chi connectivity index (χ4v) is 1.55. The van der Waals surface area contributed by atoms with Crippen LogP contribution in [0, 0.1) is 6.92 Å². The molecular formula is C12H12N2O2. The maximum atomic E-state index is 11.4. The number of carbonyl (C=O) groups is 1. The number of rotatable bonds is 2. The van der Waals surface area contributed by atoms with Gasteiger partial charge in [-0.05, 0) is 25.1 Å². The van der Waals surface area contributed by atoms with Gasteiger partial charge in [0.2, 0.25) is 0 Å². The third kappa shape index (κ3) is 1.82. The zero-order valence-corrected chi connectivity index (χ0v) is 9.18. The molecule has 0 spiro atoms. The molecule has 4 nitrogen and oxygen atoms in total. The van der Waals surface area contributed by atoms with Crippen molar-refractivity contribution in [2.75, 3.05) is 7.11 Å². The van der Waals surface area contributed by atoms with Gasteiger partial charge in [-0.2, -0.15) is 0 Å². The van der Waals surface area contributed by atoms with Crippen molar-refractivity contribution < 1.29 is 9.53 Å². The number of carbonyl (C=O) groups excluding carboxylic acids is 1. The Morgan fingerprint density at radius 1 is 1.44 bits per heavy atom. The summed E-state index contributed by atoms with van der Waals surface area (Å²) in [6.45, 7) is 1.92. The second-order valence-corrected chi connectivity index (χ2v) is 3.42. The molecule has 0 saturated carbocycles. The number of pyridine rings is 1. The maximum Gasteiger partial charge on any atom is 0.339 e. The second kappa shape index (κ2) is 4.18. The van der Waals surface area contributed by atoms with Crippen LogP contribution in [0.2, 0.25) is 0 Å². The lowest BCUT2D eigenvalue weighted by molar-refractivity contribution is 0.0601. The monoisotopic (exact) mass is 216 g/mol. The van der Waals surface area contributed by atoms with E-state index in [4.69, 9.17) is 0 Å². The topological polar surface area (TPSA) is 44.1 Å². The predicted molar refractivity (Wildman–Crippen MR) is 59.6 cm³/mol. The molecule has 0 aliphatic rings. The summed E-state index contributed by atoms with van der Waals surface area (Å²) in [5.74, 6) is 0.452. The van der Waals surface area contributed by atoms with Gasteiger partial charge in [0.05, 0.1) is 12.7 Å². The fraction of sp³-hybridized carbons (Fsp3) is 0.167. The first-order valence-corrected chi connectivity index (χ1v) is 4.91. The lowest BCUT2D eigenvalue weighted by atomic mass is 10.3. The molecule has 4 heteroatoms. The van der Waals surface area contributed by atoms with Gasteiger partial charge in [0.15, 0.2) is 0 Å². The molecule has 0 radical (unpaired) electrons. The van der Waals surface area contributed by atoms with E-state index < -0.39 is 0 Å². The van der Waals surface area contributed by atoms with Gasteiger partial charge in [-0.1, -0.05) is 6.07 Å². The van der Waals surface area contributed by atoms with Crippen LogP contribution in [0.1, 0.15) is 16.1 Å². The lowest BCUT2D eigenvalue weighted by Crippen LogP contribution is -2.00. The second-order valence-electron chi connectivity index (χ2n) is 3.42. The number of esters is 1. The number of hydrogen-bond donors (Lipinski definition) is 0. The van der Waals surface area contributed by atoms with E-state index in [-0.39, 0.29) is 5.97 Å². The zero-order chi connectivity index (χ0) is 11.5. The van der Waals surface area contributed by atoms with Gasteiger partial charge in [0.25, 0.3) is 0 Å². The van der Waals surface area contributed by atoms with Crippen molar-refractivity contribution in [2.24, 2.45) is 0 Å². The molecule has 2 aromatic rings. The quantitative estimate of drug-likeness (QED) is 0.721. The number of hydrogen-bond acceptors (Lipinski definition) is 3. The Kier molecular flexibility index (Phi) is 2.72. The molecular weight excluding hydrogens is 204 g/mol. The molecule has 2 rings (SSSR count). The van der Waals surface area contributed by atoms with Crippen molar-refractivity contribution in [2.45, 2.75) is 6.92 Å². The number of aromatic nitrogens is 2. The van der Waals surface area contributed by atoms with Crippen LogP contribution in [0.3, 0.4) is 0 Å². The van der Waals surface area contributed by atoms with Gasteiger partial charge in [-0.3, -0.25) is 0 Å². The molecule has 0 amide bonds. The Hall–Kier alpha value is -2.10. The van der Waals surface area contributed by atoms with E-state index in [1.54, 1.807) is 18.5 Å². The van der Waals surface area contributed by atoms with Crippen LogP contribution in [0.5, 0.6) is 0 Å². The van der Waals surface area contributed by atoms with Crippen molar-refractivity contribution in [3.8, 4) is 5.82 Å². The molecule has 0 N–H and O–H groups in total. The van der Waals surface area contributed by atoms with Gasteiger partial charge in [0.1, 0.15) is 5.82 Å². The molecule has 0 saturated heterocycles. The summed E-state index contributed by atoms with van der Waals surface area (Å²) in [6.07, 6.45) is 3.44. The predicted octanol–water partition coefficient (Wildman–Crippen LogP) is 1.97. The fourth-order valence-electron chi connectivity index (χ4n) is 1.55. The van der Waals surface area contributed by atoms with E-state index in [0.717, 1.165) is 11.5 Å². The highest BCUT2D eigenvalue weighted by Gasteiger charge is 2.11. The van der Waals surface area contributed by atoms with E-state index in [2.05, 4.69) is 9.72 Å². The molecule has 2 heterocycles. The van der Waals surface area contributed by atoms with Crippen LogP contribution in [0.15, 0.2) is 36.7 Å². The largest absolute Gasteiger partial charge is 0.465 e. The number of methoxy groups -OCH3 is 1. The molecule has 2 aromatic heterocycles. The Labute approximate surface area is 93.5 Å². The molecule has 82 valence electrons. The molecule has 0 bridgehead atoms. The first-order chi connectivity index (χ1) is 7.72. The van der Waals surface area contributed by atoms with Crippen molar-refractivity contribution in [3.05, 3.63) is 47.9 Å². The first kappa shape index (κ1) is 10.4. The summed E-state index contributed by atoms with van der Waals surface area (Å²) >= 11 is 0. The number of aryl methyl sites for hydroxylation is 1. The zero-order valence-electron chi connectivity index (χ0n) is 9.18. The average Bonchev–Trinajstić information content (AvgIpc) is 2.71. The van der Waals surface area contributed by atoms with Crippen molar-refractivity contribution in [1.29, 1.82) is 0 Å². The van der Waals surface area contributed by atoms with Gasteiger partial charge in [-0.25, -0.2) is 9.78 Å². The molecule has 0 fully saturated rings. The van der Waals surface area contributed by atoms with Gasteiger partial charge >= 0.3 is 5.97 Å². The van der Waals surface area contributed by atoms with Gasteiger partial charge in [0, 0.05) is 18.1 Å². The van der Waals surface area contributed by atoms with Crippen LogP contribution < -0.4 is 0 Å². The van der Waals surface area contributed by atoms with Crippen LogP contribution in [0.25, 0.3) is 5.82 Å². The van der Waals surface area contributed by atoms with E-state index in [9.17, 15) is 4.79 Å². The Morgan fingerprint density at radius 3 is 2.88 bits per heavy atom. The van der Waals surface area contributed by atoms with Gasteiger partial charge < -0.3 is 9.30 Å². The molecule has 0 aliphatic heterocycles. The van der Waals surface area contributed by atoms with Gasteiger partial charge in [-0.15, -0.1) is 0 Å². The molecule has 0 unspecified atom stereocenters. The Bertz CT molecular complexity index is 503. The highest BCUT2D eigenvalue weighted by atomic mass is 16.5. The summed E-state index contributed by atoms with van der Waals surface area (Å²) in [5.41, 5.74) is 1.48. The minimum atomic E-state index is -0.335. The third-order valence-electron chi connectivity index (χ3n) is 2.33. The van der Waals surface area contributed by atoms with Crippen molar-refractivity contribution in [3.63, 3.8) is 0 Å². The summed E-state index contributed by atoms with van der Waals surface area (Å²) in [7, 11) is 1.37. The van der Waals surface area contributed by atoms with E-state index in [0.29, 0.717) is 5.56 Å². The smallest absolute Gasteiger partial charge is 0.339 e. The molecule has 0 atom stereocenters. The van der Waals surface area contributed by atoms with Crippen LogP contribution in [-0.4, -0.2) is 22.6 Å². The Balaban J connectivity index is 2.44. The van der Waals surface area contributed by atoms with Crippen molar-refractivity contribution >= 4 is 5.97 Å². The van der Waals surface area contributed by atoms with E-state index in [1.807, 2.05) is 29.7 Å². The molecule has 0 aromatic carbocycles. The SMILES string of the molecule is COC(=O)c1cc(C)n(-c2ccccn2)c1. The third-order valence-corrected chi connectivity index (χ3v) is 2.33. The highest BCUT2D eigenvalue weighted by molar-refractivity contribution is 5.89. The number of nitrogens with zero attached hydrogens (tertiary/aromatic N) is 2. The standard InChI is InChI=1S/C12H12N2O2/c1-9-7-10(12(15)16-2)8-14(9)11-5-3-4-6-13-11/h3-8H,1-2H3. The Morgan fingerprint density at radius 2 is 2.25 bits per heavy atom. The summed E-state index contributed by atoms with van der Waals surface area (Å²) < 4.78 is 6.52. The summed E-state index contributed by atoms with van der Waals surface area (Å²) in [5, 5.41) is 0. The molecule has 0 aliphatic carbocycles. The van der Waals surface area contributed by atoms with Crippen LogP contribution >= 0.6 is 0 Å². The normalized spacial score (nSPS) is 10.1. The molecule has 16 heavy (non-hydrogen) atoms. The lowest BCUT2D eigenvalue weighted by Gasteiger charge is -2.03. The minimum absolute atomic E-state index is 0.335. The number of ether oxygens (including phenoxy) is 1. The summed E-state index contributed by atoms with van der Waals surface area (Å²) in [6, 6.07) is 7.41. The van der Waals surface area contributed by atoms with Crippen LogP contribution in [0.4, 0.5) is 0 Å². The van der Waals surface area contributed by atoms with Crippen molar-refractivity contribution in [1.82, 2.24) is 9.55 Å². The highest BCUT2D eigenvalue weighted by Crippen LogP contribution is 2.13. The minimum Gasteiger partial charge on any atom is -0.465 e. The van der Waals surface area contributed by atoms with E-state index in [1.165, 1.54) is 7.11 Å².